The van der Waals surface area contributed by atoms with Crippen LogP contribution in [0.15, 0.2) is 24.3 Å². The van der Waals surface area contributed by atoms with Gasteiger partial charge < -0.3 is 0 Å². The van der Waals surface area contributed by atoms with Crippen molar-refractivity contribution in [1.29, 1.82) is 0 Å². The molecule has 0 nitrogen and oxygen atoms in total. The fourth-order valence-corrected chi connectivity index (χ4v) is 4.95. The van der Waals surface area contributed by atoms with Crippen molar-refractivity contribution in [2.75, 3.05) is 10.7 Å². The smallest absolute Gasteiger partial charge is 0.0149 e. The highest BCUT2D eigenvalue weighted by atomic mass is 79.9. The molecule has 0 bridgehead atoms. The molecule has 0 amide bonds. The van der Waals surface area contributed by atoms with E-state index < -0.39 is 0 Å². The van der Waals surface area contributed by atoms with Gasteiger partial charge in [-0.2, -0.15) is 0 Å². The van der Waals surface area contributed by atoms with E-state index in [2.05, 4.69) is 70.0 Å². The van der Waals surface area contributed by atoms with Gasteiger partial charge in [-0.1, -0.05) is 102 Å². The minimum absolute atomic E-state index is 0.246. The van der Waals surface area contributed by atoms with Gasteiger partial charge >= 0.3 is 0 Å². The Kier molecular flexibility index (Phi) is 9.11. The van der Waals surface area contributed by atoms with E-state index in [1.807, 2.05) is 0 Å². The normalized spacial score (nSPS) is 11.8. The van der Waals surface area contributed by atoms with Crippen LogP contribution < -0.4 is 0 Å². The Morgan fingerprint density at radius 3 is 2.10 bits per heavy atom. The lowest BCUT2D eigenvalue weighted by Gasteiger charge is -2.32. The lowest BCUT2D eigenvalue weighted by atomic mass is 9.78. The molecule has 0 aliphatic rings. The van der Waals surface area contributed by atoms with Crippen LogP contribution in [0, 0.1) is 6.92 Å². The summed E-state index contributed by atoms with van der Waals surface area (Å²) in [7, 11) is 0. The Balaban J connectivity index is 2.61. The van der Waals surface area contributed by atoms with Gasteiger partial charge in [-0.3, -0.25) is 0 Å². The highest BCUT2D eigenvalue weighted by Crippen LogP contribution is 2.36. The van der Waals surface area contributed by atoms with Crippen LogP contribution in [0.2, 0.25) is 0 Å². The highest BCUT2D eigenvalue weighted by Gasteiger charge is 2.30. The first kappa shape index (κ1) is 18.2. The zero-order valence-electron chi connectivity index (χ0n) is 12.9. The summed E-state index contributed by atoms with van der Waals surface area (Å²) in [6.07, 6.45) is 9.47. The van der Waals surface area contributed by atoms with Crippen molar-refractivity contribution in [1.82, 2.24) is 0 Å². The maximum atomic E-state index is 3.77. The zero-order valence-corrected chi connectivity index (χ0v) is 16.1. The molecule has 114 valence electrons. The Hall–Kier alpha value is 0.180. The summed E-state index contributed by atoms with van der Waals surface area (Å²) in [4.78, 5) is 0. The molecule has 1 aromatic rings. The van der Waals surface area contributed by atoms with Crippen LogP contribution in [-0.2, 0) is 5.41 Å². The molecule has 0 saturated carbocycles. The van der Waals surface area contributed by atoms with Crippen LogP contribution in [0.4, 0.5) is 0 Å². The number of unbranched alkanes of at least 4 members (excludes halogenated alkanes) is 5. The maximum Gasteiger partial charge on any atom is 0.0149 e. The fraction of sp³-hybridized carbons (Fsp3) is 0.667. The van der Waals surface area contributed by atoms with E-state index in [9.17, 15) is 0 Å². The highest BCUT2D eigenvalue weighted by molar-refractivity contribution is 9.09. The largest absolute Gasteiger partial charge is 0.0918 e. The second-order valence-electron chi connectivity index (χ2n) is 5.88. The van der Waals surface area contributed by atoms with Gasteiger partial charge in [-0.05, 0) is 24.5 Å². The number of halogens is 2. The topological polar surface area (TPSA) is 0 Å². The predicted molar refractivity (Wildman–Crippen MR) is 98.4 cm³/mol. The third-order valence-electron chi connectivity index (χ3n) is 4.24. The van der Waals surface area contributed by atoms with Crippen molar-refractivity contribution in [3.8, 4) is 0 Å². The van der Waals surface area contributed by atoms with Gasteiger partial charge in [-0.25, -0.2) is 0 Å². The van der Waals surface area contributed by atoms with E-state index in [0.717, 1.165) is 10.7 Å². The van der Waals surface area contributed by atoms with Gasteiger partial charge in [-0.15, -0.1) is 0 Å². The van der Waals surface area contributed by atoms with Gasteiger partial charge in [0.05, 0.1) is 0 Å². The van der Waals surface area contributed by atoms with Gasteiger partial charge in [0.2, 0.25) is 0 Å². The molecule has 0 aromatic heterocycles. The Labute approximate surface area is 142 Å². The average molecular weight is 404 g/mol. The van der Waals surface area contributed by atoms with Gasteiger partial charge in [0.25, 0.3) is 0 Å². The molecule has 0 N–H and O–H groups in total. The molecule has 2 heteroatoms. The standard InChI is InChI=1S/C18H28Br2/c1-3-4-5-6-7-10-13-18(14-19,15-20)17-12-9-8-11-16(17)2/h8-9,11-12H,3-7,10,13-15H2,1-2H3. The molecule has 0 fully saturated rings. The molecule has 0 spiro atoms. The van der Waals surface area contributed by atoms with Crippen LogP contribution in [-0.4, -0.2) is 10.7 Å². The molecule has 0 atom stereocenters. The Morgan fingerprint density at radius 1 is 0.900 bits per heavy atom. The molecule has 0 heterocycles. The molecule has 1 rings (SSSR count). The van der Waals surface area contributed by atoms with Crippen LogP contribution in [0.1, 0.15) is 63.0 Å². The average Bonchev–Trinajstić information content (AvgIpc) is 2.48. The van der Waals surface area contributed by atoms with Gasteiger partial charge in [0.15, 0.2) is 0 Å². The lowest BCUT2D eigenvalue weighted by molar-refractivity contribution is 0.459. The summed E-state index contributed by atoms with van der Waals surface area (Å²) in [5.41, 5.74) is 3.16. The maximum absolute atomic E-state index is 3.77. The molecule has 0 unspecified atom stereocenters. The molecule has 0 aliphatic carbocycles. The molecular weight excluding hydrogens is 376 g/mol. The number of alkyl halides is 2. The summed E-state index contributed by atoms with van der Waals surface area (Å²) in [6.45, 7) is 4.51. The number of hydrogen-bond acceptors (Lipinski definition) is 0. The van der Waals surface area contributed by atoms with Crippen molar-refractivity contribution in [2.45, 2.75) is 64.2 Å². The first-order valence-electron chi connectivity index (χ1n) is 7.88. The Bertz CT molecular complexity index is 369. The molecular formula is C18H28Br2. The van der Waals surface area contributed by atoms with E-state index in [0.29, 0.717) is 0 Å². The first-order valence-corrected chi connectivity index (χ1v) is 10.1. The minimum Gasteiger partial charge on any atom is -0.0918 e. The predicted octanol–water partition coefficient (Wildman–Crippen LogP) is 6.77. The third-order valence-corrected chi connectivity index (χ3v) is 6.38. The lowest BCUT2D eigenvalue weighted by Crippen LogP contribution is -2.31. The number of benzene rings is 1. The van der Waals surface area contributed by atoms with Crippen LogP contribution in [0.5, 0.6) is 0 Å². The van der Waals surface area contributed by atoms with Crippen molar-refractivity contribution < 1.29 is 0 Å². The van der Waals surface area contributed by atoms with Crippen LogP contribution in [0.3, 0.4) is 0 Å². The second kappa shape index (κ2) is 10.00. The summed E-state index contributed by atoms with van der Waals surface area (Å²) < 4.78 is 0. The summed E-state index contributed by atoms with van der Waals surface area (Å²) in [5, 5.41) is 2.07. The van der Waals surface area contributed by atoms with Crippen LogP contribution >= 0.6 is 31.9 Å². The van der Waals surface area contributed by atoms with E-state index in [1.165, 1.54) is 56.1 Å². The molecule has 20 heavy (non-hydrogen) atoms. The summed E-state index contributed by atoms with van der Waals surface area (Å²) in [5.74, 6) is 0. The van der Waals surface area contributed by atoms with Crippen molar-refractivity contribution in [3.05, 3.63) is 35.4 Å². The van der Waals surface area contributed by atoms with Gasteiger partial charge in [0, 0.05) is 16.1 Å². The summed E-state index contributed by atoms with van der Waals surface area (Å²) in [6, 6.07) is 8.84. The van der Waals surface area contributed by atoms with Crippen LogP contribution in [0.25, 0.3) is 0 Å². The number of aryl methyl sites for hydroxylation is 1. The Morgan fingerprint density at radius 2 is 1.50 bits per heavy atom. The third kappa shape index (κ3) is 5.18. The minimum atomic E-state index is 0.246. The van der Waals surface area contributed by atoms with E-state index >= 15 is 0 Å². The molecule has 0 radical (unpaired) electrons. The first-order chi connectivity index (χ1) is 9.70. The molecule has 0 aliphatic heterocycles. The quantitative estimate of drug-likeness (QED) is 0.298. The second-order valence-corrected chi connectivity index (χ2v) is 7.00. The summed E-state index contributed by atoms with van der Waals surface area (Å²) >= 11 is 7.54. The van der Waals surface area contributed by atoms with E-state index in [-0.39, 0.29) is 5.41 Å². The van der Waals surface area contributed by atoms with Crippen molar-refractivity contribution in [2.24, 2.45) is 0 Å². The molecule has 0 saturated heterocycles. The monoisotopic (exact) mass is 402 g/mol. The fourth-order valence-electron chi connectivity index (χ4n) is 2.86. The SMILES string of the molecule is CCCCCCCCC(CBr)(CBr)c1ccccc1C. The zero-order chi connectivity index (χ0) is 14.8. The number of hydrogen-bond donors (Lipinski definition) is 0. The van der Waals surface area contributed by atoms with Crippen molar-refractivity contribution >= 4 is 31.9 Å². The van der Waals surface area contributed by atoms with Crippen molar-refractivity contribution in [3.63, 3.8) is 0 Å². The number of rotatable bonds is 10. The van der Waals surface area contributed by atoms with E-state index in [4.69, 9.17) is 0 Å². The van der Waals surface area contributed by atoms with E-state index in [1.54, 1.807) is 0 Å². The molecule has 1 aromatic carbocycles. The van der Waals surface area contributed by atoms with Gasteiger partial charge in [0.1, 0.15) is 0 Å².